The summed E-state index contributed by atoms with van der Waals surface area (Å²) in [5, 5.41) is -5.09. The molecule has 0 atom stereocenters. The Hall–Kier alpha value is -2.67. The van der Waals surface area contributed by atoms with Crippen LogP contribution in [0.1, 0.15) is 57.8 Å². The molecule has 0 fully saturated rings. The normalized spacial score (nSPS) is 12.7. The second-order valence-corrected chi connectivity index (χ2v) is 15.0. The Balaban J connectivity index is 1.82. The van der Waals surface area contributed by atoms with Crippen LogP contribution in [0.15, 0.2) is 87.5 Å². The van der Waals surface area contributed by atoms with Crippen LogP contribution in [0.4, 0.5) is 22.0 Å². The third-order valence-corrected chi connectivity index (χ3v) is 12.4. The number of rotatable bonds is 18. The van der Waals surface area contributed by atoms with Gasteiger partial charge in [0.2, 0.25) is 0 Å². The Kier molecular flexibility index (Phi) is 13.5. The maximum Gasteiger partial charge on any atom is 0.514 e. The first-order chi connectivity index (χ1) is 20.9. The standard InChI is InChI=1S/C31H34ClF5O5S2/c32-22-8-6-4-2-1-3-5-7-9-23-41-30(38)31(36,37)44(39,40)42-43(27-16-10-24(33)11-17-27,28-18-12-25(34)13-19-28)29-20-14-26(35)15-21-29/h10-21H,1-9,22-23H2/p+1. The first-order valence-corrected chi connectivity index (χ1v) is 17.7. The minimum atomic E-state index is -5.99. The van der Waals surface area contributed by atoms with Crippen molar-refractivity contribution in [3.63, 3.8) is 0 Å². The monoisotopic (exact) mass is 681 g/mol. The van der Waals surface area contributed by atoms with E-state index in [-0.39, 0.29) is 21.1 Å². The molecule has 0 aromatic heterocycles. The maximum absolute atomic E-state index is 15.3. The van der Waals surface area contributed by atoms with Gasteiger partial charge in [0.05, 0.1) is 31.6 Å². The van der Waals surface area contributed by atoms with E-state index in [0.717, 1.165) is 118 Å². The van der Waals surface area contributed by atoms with Crippen molar-refractivity contribution in [3.8, 4) is 0 Å². The van der Waals surface area contributed by atoms with Crippen LogP contribution in [0.25, 0.3) is 0 Å². The lowest BCUT2D eigenvalue weighted by Crippen LogP contribution is -2.42. The van der Waals surface area contributed by atoms with Gasteiger partial charge in [0.1, 0.15) is 17.5 Å². The van der Waals surface area contributed by atoms with Gasteiger partial charge in [0.25, 0.3) is 0 Å². The first-order valence-electron chi connectivity index (χ1n) is 14.1. The highest BCUT2D eigenvalue weighted by molar-refractivity contribution is 8.32. The van der Waals surface area contributed by atoms with Crippen molar-refractivity contribution in [2.75, 3.05) is 12.5 Å². The molecule has 0 saturated heterocycles. The van der Waals surface area contributed by atoms with Crippen LogP contribution < -0.4 is 0 Å². The van der Waals surface area contributed by atoms with Crippen LogP contribution in [0.3, 0.4) is 0 Å². The quantitative estimate of drug-likeness (QED) is 0.0335. The molecule has 0 saturated carbocycles. The van der Waals surface area contributed by atoms with Crippen molar-refractivity contribution in [2.45, 2.75) is 77.7 Å². The van der Waals surface area contributed by atoms with Gasteiger partial charge in [0, 0.05) is 5.88 Å². The lowest BCUT2D eigenvalue weighted by atomic mass is 10.1. The molecule has 242 valence electrons. The number of hydrogen-bond acceptors (Lipinski definition) is 4. The number of alkyl halides is 3. The summed E-state index contributed by atoms with van der Waals surface area (Å²) in [5.74, 6) is -3.77. The van der Waals surface area contributed by atoms with Gasteiger partial charge in [-0.1, -0.05) is 44.9 Å². The molecule has 3 aromatic carbocycles. The third-order valence-electron chi connectivity index (χ3n) is 6.75. The molecule has 0 bridgehead atoms. The van der Waals surface area contributed by atoms with Crippen molar-refractivity contribution in [3.05, 3.63) is 90.2 Å². The van der Waals surface area contributed by atoms with E-state index in [4.69, 9.17) is 11.6 Å². The molecule has 0 unspecified atom stereocenters. The van der Waals surface area contributed by atoms with Crippen LogP contribution in [0, 0.1) is 17.5 Å². The SMILES string of the molecule is O=C(OCCCCCCCCCCCCl)C(F)(F)S(=O)(=O)[OH+]S(c1ccc(F)cc1)(c1ccc(F)cc1)c1ccc(F)cc1. The molecule has 0 heterocycles. The highest BCUT2D eigenvalue weighted by Crippen LogP contribution is 2.68. The van der Waals surface area contributed by atoms with Crippen molar-refractivity contribution in [2.24, 2.45) is 0 Å². The first kappa shape index (κ1) is 35.8. The highest BCUT2D eigenvalue weighted by atomic mass is 35.5. The van der Waals surface area contributed by atoms with Crippen LogP contribution in [0.2, 0.25) is 0 Å². The van der Waals surface area contributed by atoms with E-state index in [1.165, 1.54) is 0 Å². The summed E-state index contributed by atoms with van der Waals surface area (Å²) in [7, 11) is -9.65. The summed E-state index contributed by atoms with van der Waals surface area (Å²) >= 11 is 5.65. The minimum Gasteiger partial charge on any atom is -0.460 e. The van der Waals surface area contributed by atoms with Gasteiger partial charge < -0.3 is 4.74 Å². The van der Waals surface area contributed by atoms with Gasteiger partial charge in [-0.05, 0) is 85.6 Å². The molecule has 13 heteroatoms. The van der Waals surface area contributed by atoms with Crippen LogP contribution in [-0.2, 0) is 19.6 Å². The lowest BCUT2D eigenvalue weighted by molar-refractivity contribution is -0.161. The molecule has 5 nitrogen and oxygen atoms in total. The zero-order valence-corrected chi connectivity index (χ0v) is 26.3. The molecule has 1 N–H and O–H groups in total. The maximum atomic E-state index is 15.3. The number of benzene rings is 3. The van der Waals surface area contributed by atoms with Crippen molar-refractivity contribution in [1.82, 2.24) is 0 Å². The Bertz CT molecular complexity index is 1330. The molecule has 3 aromatic rings. The minimum absolute atomic E-state index is 0.0380. The van der Waals surface area contributed by atoms with Crippen LogP contribution in [0.5, 0.6) is 0 Å². The van der Waals surface area contributed by atoms with E-state index < -0.39 is 55.7 Å². The van der Waals surface area contributed by atoms with E-state index in [1.807, 2.05) is 0 Å². The highest BCUT2D eigenvalue weighted by Gasteiger charge is 2.63. The Morgan fingerprint density at radius 1 is 0.636 bits per heavy atom. The fourth-order valence-electron chi connectivity index (χ4n) is 4.41. The molecule has 0 spiro atoms. The number of ether oxygens (including phenoxy) is 1. The van der Waals surface area contributed by atoms with Gasteiger partial charge >= 0.3 is 21.3 Å². The Morgan fingerprint density at radius 3 is 1.34 bits per heavy atom. The van der Waals surface area contributed by atoms with Crippen LogP contribution in [-0.4, -0.2) is 35.8 Å². The topological polar surface area (TPSA) is 73.2 Å². The van der Waals surface area contributed by atoms with Gasteiger partial charge in [-0.2, -0.15) is 8.78 Å². The molecule has 0 aliphatic heterocycles. The average Bonchev–Trinajstić information content (AvgIpc) is 2.99. The van der Waals surface area contributed by atoms with E-state index in [9.17, 15) is 26.4 Å². The number of esters is 1. The molecule has 0 amide bonds. The fourth-order valence-corrected chi connectivity index (χ4v) is 9.86. The third kappa shape index (κ3) is 9.18. The number of carbonyl (C=O) groups excluding carboxylic acids is 1. The van der Waals surface area contributed by atoms with E-state index in [0.29, 0.717) is 12.3 Å². The zero-order chi connectivity index (χ0) is 32.2. The Morgan fingerprint density at radius 2 is 0.977 bits per heavy atom. The molecule has 0 radical (unpaired) electrons. The Labute approximate surface area is 261 Å². The number of halogens is 6. The fraction of sp³-hybridized carbons (Fsp3) is 0.387. The van der Waals surface area contributed by atoms with Crippen molar-refractivity contribution >= 4 is 38.0 Å². The largest absolute Gasteiger partial charge is 0.514 e. The predicted molar refractivity (Wildman–Crippen MR) is 161 cm³/mol. The van der Waals surface area contributed by atoms with E-state index >= 15 is 8.78 Å². The second kappa shape index (κ2) is 16.6. The summed E-state index contributed by atoms with van der Waals surface area (Å²) in [6, 6.07) is 12.7. The van der Waals surface area contributed by atoms with E-state index in [2.05, 4.69) is 8.37 Å². The van der Waals surface area contributed by atoms with Crippen molar-refractivity contribution < 1.29 is 43.5 Å². The molecule has 3 rings (SSSR count). The number of hydrogen-bond donors (Lipinski definition) is 0. The summed E-state index contributed by atoms with van der Waals surface area (Å²) < 4.78 is 107. The summed E-state index contributed by atoms with van der Waals surface area (Å²) in [4.78, 5) is 12.3. The number of carbonyl (C=O) groups is 1. The summed E-state index contributed by atoms with van der Waals surface area (Å²) in [6.07, 6.45) is 7.82. The van der Waals surface area contributed by atoms with Gasteiger partial charge in [0.15, 0.2) is 0 Å². The average molecular weight is 682 g/mol. The molecule has 0 aliphatic carbocycles. The summed E-state index contributed by atoms with van der Waals surface area (Å²) in [5.41, 5.74) is 0. The van der Waals surface area contributed by atoms with Crippen molar-refractivity contribution in [1.29, 1.82) is 0 Å². The van der Waals surface area contributed by atoms with Gasteiger partial charge in [-0.25, -0.2) is 18.0 Å². The van der Waals surface area contributed by atoms with E-state index in [1.54, 1.807) is 0 Å². The lowest BCUT2D eigenvalue weighted by Gasteiger charge is -2.35. The predicted octanol–water partition coefficient (Wildman–Crippen LogP) is 9.61. The number of unbranched alkanes of at least 4 members (excludes halogenated alkanes) is 8. The van der Waals surface area contributed by atoms with Gasteiger partial charge in [-0.3, -0.25) is 3.63 Å². The second-order valence-electron chi connectivity index (χ2n) is 10.0. The zero-order valence-electron chi connectivity index (χ0n) is 23.9. The van der Waals surface area contributed by atoms with Gasteiger partial charge in [-0.15, -0.1) is 20.0 Å². The molecule has 44 heavy (non-hydrogen) atoms. The molecular formula is C31H35ClF5O5S2+. The molecule has 0 aliphatic rings. The molecular weight excluding hydrogens is 647 g/mol. The van der Waals surface area contributed by atoms with Crippen LogP contribution >= 0.6 is 21.9 Å². The summed E-state index contributed by atoms with van der Waals surface area (Å²) in [6.45, 7) is -0.411. The smallest absolute Gasteiger partial charge is 0.460 e.